The Kier molecular flexibility index (Phi) is 2.66. The number of aromatic nitrogens is 1. The zero-order valence-electron chi connectivity index (χ0n) is 10.9. The van der Waals surface area contributed by atoms with Gasteiger partial charge in [-0.15, -0.1) is 0 Å². The summed E-state index contributed by atoms with van der Waals surface area (Å²) in [4.78, 5) is 27.2. The van der Waals surface area contributed by atoms with E-state index in [4.69, 9.17) is 4.74 Å². The molecule has 1 aromatic heterocycles. The zero-order valence-corrected chi connectivity index (χ0v) is 10.9. The predicted octanol–water partition coefficient (Wildman–Crippen LogP) is 2.39. The van der Waals surface area contributed by atoms with E-state index in [2.05, 4.69) is 4.98 Å². The van der Waals surface area contributed by atoms with Crippen LogP contribution < -0.4 is 0 Å². The number of carbonyl (C=O) groups is 2. The van der Waals surface area contributed by atoms with Crippen molar-refractivity contribution < 1.29 is 14.3 Å². The van der Waals surface area contributed by atoms with Gasteiger partial charge in [-0.05, 0) is 12.5 Å². The Labute approximate surface area is 110 Å². The van der Waals surface area contributed by atoms with E-state index < -0.39 is 0 Å². The highest BCUT2D eigenvalue weighted by Gasteiger charge is 2.33. The van der Waals surface area contributed by atoms with Crippen LogP contribution in [0.3, 0.4) is 0 Å². The number of benzene rings is 1. The number of aromatic amines is 1. The van der Waals surface area contributed by atoms with Crippen molar-refractivity contribution in [3.63, 3.8) is 0 Å². The molecule has 3 rings (SSSR count). The van der Waals surface area contributed by atoms with E-state index in [1.807, 2.05) is 25.1 Å². The van der Waals surface area contributed by atoms with Gasteiger partial charge in [0.1, 0.15) is 0 Å². The number of rotatable bonds is 1. The van der Waals surface area contributed by atoms with Crippen LogP contribution in [0.4, 0.5) is 0 Å². The van der Waals surface area contributed by atoms with Crippen LogP contribution in [0.25, 0.3) is 10.9 Å². The highest BCUT2D eigenvalue weighted by molar-refractivity contribution is 6.11. The minimum absolute atomic E-state index is 0.0218. The highest BCUT2D eigenvalue weighted by atomic mass is 16.5. The number of para-hydroxylation sites is 1. The molecule has 19 heavy (non-hydrogen) atoms. The highest BCUT2D eigenvalue weighted by Crippen LogP contribution is 2.33. The molecule has 2 aromatic rings. The Hall–Kier alpha value is -2.10. The first-order chi connectivity index (χ1) is 9.11. The summed E-state index contributed by atoms with van der Waals surface area (Å²) in [6.07, 6.45) is 0.780. The van der Waals surface area contributed by atoms with Crippen molar-refractivity contribution in [2.75, 3.05) is 7.11 Å². The van der Waals surface area contributed by atoms with E-state index in [1.54, 1.807) is 0 Å². The number of methoxy groups -OCH3 is 1. The van der Waals surface area contributed by atoms with Gasteiger partial charge >= 0.3 is 5.97 Å². The number of nitrogens with one attached hydrogen (secondary N) is 1. The molecule has 98 valence electrons. The molecule has 1 heterocycles. The SMILES string of the molecule is COC(=O)C1CC(=O)c2c([nH]c3c(C)cccc23)C1. The number of ketones is 1. The van der Waals surface area contributed by atoms with E-state index in [0.717, 1.165) is 27.7 Å². The third-order valence-electron chi connectivity index (χ3n) is 3.82. The van der Waals surface area contributed by atoms with E-state index >= 15 is 0 Å². The molecule has 0 fully saturated rings. The molecule has 1 aliphatic carbocycles. The van der Waals surface area contributed by atoms with Crippen LogP contribution in [0.5, 0.6) is 0 Å². The van der Waals surface area contributed by atoms with E-state index in [1.165, 1.54) is 7.11 Å². The molecule has 0 bridgehead atoms. The van der Waals surface area contributed by atoms with Gasteiger partial charge in [0.25, 0.3) is 0 Å². The fraction of sp³-hybridized carbons (Fsp3) is 0.333. The van der Waals surface area contributed by atoms with Gasteiger partial charge in [0.05, 0.1) is 13.0 Å². The zero-order chi connectivity index (χ0) is 13.6. The summed E-state index contributed by atoms with van der Waals surface area (Å²) in [7, 11) is 1.36. The molecular formula is C15H15NO3. The Morgan fingerprint density at radius 1 is 1.37 bits per heavy atom. The second-order valence-electron chi connectivity index (χ2n) is 5.03. The molecule has 4 nitrogen and oxygen atoms in total. The van der Waals surface area contributed by atoms with E-state index in [-0.39, 0.29) is 24.1 Å². The molecule has 0 radical (unpaired) electrons. The summed E-state index contributed by atoms with van der Waals surface area (Å²) in [5.74, 6) is -0.652. The quantitative estimate of drug-likeness (QED) is 0.798. The van der Waals surface area contributed by atoms with Crippen molar-refractivity contribution in [2.24, 2.45) is 5.92 Å². The number of fused-ring (bicyclic) bond motifs is 3. The molecule has 1 N–H and O–H groups in total. The normalized spacial score (nSPS) is 18.4. The summed E-state index contributed by atoms with van der Waals surface area (Å²) in [5, 5.41) is 0.961. The maximum atomic E-state index is 12.3. The van der Waals surface area contributed by atoms with Crippen molar-refractivity contribution in [1.82, 2.24) is 4.98 Å². The number of hydrogen-bond acceptors (Lipinski definition) is 3. The number of carbonyl (C=O) groups excluding carboxylic acids is 2. The van der Waals surface area contributed by atoms with Crippen molar-refractivity contribution in [2.45, 2.75) is 19.8 Å². The maximum Gasteiger partial charge on any atom is 0.309 e. The number of ether oxygens (including phenoxy) is 1. The molecule has 1 aliphatic rings. The molecule has 0 amide bonds. The Balaban J connectivity index is 2.14. The largest absolute Gasteiger partial charge is 0.469 e. The lowest BCUT2D eigenvalue weighted by Gasteiger charge is -2.18. The summed E-state index contributed by atoms with van der Waals surface area (Å²) >= 11 is 0. The molecule has 0 saturated carbocycles. The first-order valence-electron chi connectivity index (χ1n) is 6.33. The minimum atomic E-state index is -0.363. The van der Waals surface area contributed by atoms with Crippen LogP contribution in [-0.4, -0.2) is 23.8 Å². The second kappa shape index (κ2) is 4.23. The van der Waals surface area contributed by atoms with Crippen molar-refractivity contribution in [3.05, 3.63) is 35.0 Å². The van der Waals surface area contributed by atoms with Gasteiger partial charge in [-0.25, -0.2) is 0 Å². The lowest BCUT2D eigenvalue weighted by Crippen LogP contribution is -2.27. The van der Waals surface area contributed by atoms with Crippen LogP contribution in [-0.2, 0) is 16.0 Å². The fourth-order valence-corrected chi connectivity index (χ4v) is 2.87. The van der Waals surface area contributed by atoms with Crippen LogP contribution in [0.1, 0.15) is 28.0 Å². The van der Waals surface area contributed by atoms with Gasteiger partial charge in [0.15, 0.2) is 5.78 Å². The number of esters is 1. The van der Waals surface area contributed by atoms with Gasteiger partial charge in [0.2, 0.25) is 0 Å². The third kappa shape index (κ3) is 1.75. The van der Waals surface area contributed by atoms with Crippen molar-refractivity contribution in [1.29, 1.82) is 0 Å². The Bertz CT molecular complexity index is 684. The summed E-state index contributed by atoms with van der Waals surface area (Å²) < 4.78 is 4.75. The van der Waals surface area contributed by atoms with Crippen LogP contribution in [0, 0.1) is 12.8 Å². The molecule has 1 atom stereocenters. The standard InChI is InChI=1S/C15H15NO3/c1-8-4-3-5-10-13-11(16-14(8)10)6-9(7-12(13)17)15(18)19-2/h3-5,9,16H,6-7H2,1-2H3. The number of aryl methyl sites for hydroxylation is 1. The van der Waals surface area contributed by atoms with E-state index in [0.29, 0.717) is 6.42 Å². The third-order valence-corrected chi connectivity index (χ3v) is 3.82. The second-order valence-corrected chi connectivity index (χ2v) is 5.03. The molecule has 0 aliphatic heterocycles. The maximum absolute atomic E-state index is 12.3. The first kappa shape index (κ1) is 12.0. The predicted molar refractivity (Wildman–Crippen MR) is 71.2 cm³/mol. The number of Topliss-reactive ketones (excluding diaryl/α,β-unsaturated/α-hetero) is 1. The lowest BCUT2D eigenvalue weighted by molar-refractivity contribution is -0.145. The van der Waals surface area contributed by atoms with Gasteiger partial charge in [-0.1, -0.05) is 18.2 Å². The van der Waals surface area contributed by atoms with E-state index in [9.17, 15) is 9.59 Å². The lowest BCUT2D eigenvalue weighted by atomic mass is 9.86. The Morgan fingerprint density at radius 2 is 2.16 bits per heavy atom. The van der Waals surface area contributed by atoms with Gasteiger partial charge in [-0.3, -0.25) is 9.59 Å². The smallest absolute Gasteiger partial charge is 0.309 e. The summed E-state index contributed by atoms with van der Waals surface area (Å²) in [6, 6.07) is 5.91. The molecular weight excluding hydrogens is 242 g/mol. The monoisotopic (exact) mass is 257 g/mol. The topological polar surface area (TPSA) is 59.2 Å². The number of H-pyrrole nitrogens is 1. The molecule has 0 saturated heterocycles. The molecule has 0 spiro atoms. The van der Waals surface area contributed by atoms with Gasteiger partial charge in [-0.2, -0.15) is 0 Å². The fourth-order valence-electron chi connectivity index (χ4n) is 2.87. The summed E-state index contributed by atoms with van der Waals surface area (Å²) in [6.45, 7) is 2.01. The van der Waals surface area contributed by atoms with Crippen LogP contribution in [0.2, 0.25) is 0 Å². The number of hydrogen-bond donors (Lipinski definition) is 1. The van der Waals surface area contributed by atoms with Crippen LogP contribution in [0.15, 0.2) is 18.2 Å². The molecule has 4 heteroatoms. The van der Waals surface area contributed by atoms with Crippen molar-refractivity contribution >= 4 is 22.7 Å². The van der Waals surface area contributed by atoms with Crippen LogP contribution >= 0.6 is 0 Å². The average Bonchev–Trinajstić information content (AvgIpc) is 2.78. The summed E-state index contributed by atoms with van der Waals surface area (Å²) in [5.41, 5.74) is 3.70. The van der Waals surface area contributed by atoms with Crippen molar-refractivity contribution in [3.8, 4) is 0 Å². The average molecular weight is 257 g/mol. The van der Waals surface area contributed by atoms with Gasteiger partial charge < -0.3 is 9.72 Å². The molecule has 1 unspecified atom stereocenters. The minimum Gasteiger partial charge on any atom is -0.469 e. The van der Waals surface area contributed by atoms with Gasteiger partial charge in [0, 0.05) is 35.0 Å². The molecule has 1 aromatic carbocycles. The first-order valence-corrected chi connectivity index (χ1v) is 6.33. The Morgan fingerprint density at radius 3 is 2.89 bits per heavy atom.